The first-order chi connectivity index (χ1) is 11.0. The van der Waals surface area contributed by atoms with Gasteiger partial charge in [0.15, 0.2) is 5.58 Å². The first-order valence-electron chi connectivity index (χ1n) is 7.75. The van der Waals surface area contributed by atoms with Gasteiger partial charge in [0.25, 0.3) is 6.01 Å². The van der Waals surface area contributed by atoms with Gasteiger partial charge in [0.1, 0.15) is 5.52 Å². The van der Waals surface area contributed by atoms with Crippen molar-refractivity contribution in [2.75, 3.05) is 24.5 Å². The van der Waals surface area contributed by atoms with Crippen LogP contribution in [0, 0.1) is 0 Å². The fourth-order valence-electron chi connectivity index (χ4n) is 3.12. The van der Waals surface area contributed by atoms with Gasteiger partial charge in [-0.05, 0) is 26.0 Å². The third-order valence-electron chi connectivity index (χ3n) is 4.36. The number of piperazine rings is 1. The maximum Gasteiger partial charge on any atom is 0.338 e. The zero-order valence-electron chi connectivity index (χ0n) is 13.4. The Hall–Kier alpha value is -2.34. The van der Waals surface area contributed by atoms with E-state index in [1.807, 2.05) is 6.08 Å². The number of aromatic carboxylic acids is 1. The van der Waals surface area contributed by atoms with Crippen molar-refractivity contribution in [2.45, 2.75) is 25.9 Å². The zero-order chi connectivity index (χ0) is 16.6. The van der Waals surface area contributed by atoms with Gasteiger partial charge in [0.05, 0.1) is 5.56 Å². The van der Waals surface area contributed by atoms with Gasteiger partial charge in [0.2, 0.25) is 0 Å². The fraction of sp³-hybridized carbons (Fsp3) is 0.412. The molecule has 1 saturated heterocycles. The molecule has 0 unspecified atom stereocenters. The van der Waals surface area contributed by atoms with Crippen LogP contribution in [-0.2, 0) is 0 Å². The van der Waals surface area contributed by atoms with Crippen molar-refractivity contribution >= 4 is 23.1 Å². The van der Waals surface area contributed by atoms with E-state index in [-0.39, 0.29) is 11.6 Å². The number of carboxylic acid groups (broad SMARTS) is 1. The highest BCUT2D eigenvalue weighted by Crippen LogP contribution is 2.28. The quantitative estimate of drug-likeness (QED) is 0.875. The van der Waals surface area contributed by atoms with Crippen LogP contribution in [0.3, 0.4) is 0 Å². The van der Waals surface area contributed by atoms with E-state index >= 15 is 0 Å². The van der Waals surface area contributed by atoms with Gasteiger partial charge < -0.3 is 14.4 Å². The van der Waals surface area contributed by atoms with Crippen molar-refractivity contribution in [3.05, 3.63) is 36.4 Å². The van der Waals surface area contributed by atoms with Crippen LogP contribution in [0.4, 0.5) is 6.01 Å². The van der Waals surface area contributed by atoms with Crippen molar-refractivity contribution < 1.29 is 14.3 Å². The molecule has 6 nitrogen and oxygen atoms in total. The Morgan fingerprint density at radius 2 is 2.22 bits per heavy atom. The number of fused-ring (bicyclic) bond motifs is 1. The molecule has 2 heterocycles. The third kappa shape index (κ3) is 2.82. The Bertz CT molecular complexity index is 740. The predicted molar refractivity (Wildman–Crippen MR) is 89.0 cm³/mol. The summed E-state index contributed by atoms with van der Waals surface area (Å²) >= 11 is 0. The summed E-state index contributed by atoms with van der Waals surface area (Å²) in [5.74, 6) is -0.993. The second-order valence-corrected chi connectivity index (χ2v) is 6.05. The normalized spacial score (nSPS) is 22.4. The third-order valence-corrected chi connectivity index (χ3v) is 4.36. The van der Waals surface area contributed by atoms with Gasteiger partial charge in [0, 0.05) is 31.7 Å². The van der Waals surface area contributed by atoms with Crippen molar-refractivity contribution in [3.63, 3.8) is 0 Å². The number of anilines is 1. The van der Waals surface area contributed by atoms with E-state index in [2.05, 4.69) is 35.2 Å². The minimum atomic E-state index is -0.993. The fourth-order valence-corrected chi connectivity index (χ4v) is 3.12. The van der Waals surface area contributed by atoms with E-state index in [9.17, 15) is 9.90 Å². The number of rotatable bonds is 4. The maximum absolute atomic E-state index is 11.3. The lowest BCUT2D eigenvalue weighted by Gasteiger charge is -2.43. The molecule has 1 fully saturated rings. The Kier molecular flexibility index (Phi) is 4.09. The maximum atomic E-state index is 11.3. The van der Waals surface area contributed by atoms with Crippen LogP contribution in [0.2, 0.25) is 0 Å². The smallest absolute Gasteiger partial charge is 0.338 e. The van der Waals surface area contributed by atoms with Crippen LogP contribution in [0.25, 0.3) is 11.1 Å². The van der Waals surface area contributed by atoms with Gasteiger partial charge in [-0.2, -0.15) is 4.98 Å². The Balaban J connectivity index is 1.93. The molecule has 2 aromatic rings. The molecule has 2 atom stereocenters. The number of para-hydroxylation sites is 1. The molecule has 1 N–H and O–H groups in total. The Labute approximate surface area is 135 Å². The molecule has 6 heteroatoms. The molecule has 1 aliphatic heterocycles. The van der Waals surface area contributed by atoms with E-state index in [1.54, 1.807) is 18.2 Å². The first-order valence-corrected chi connectivity index (χ1v) is 7.75. The van der Waals surface area contributed by atoms with E-state index in [4.69, 9.17) is 4.42 Å². The molecule has 0 spiro atoms. The zero-order valence-corrected chi connectivity index (χ0v) is 13.4. The van der Waals surface area contributed by atoms with Gasteiger partial charge >= 0.3 is 5.97 Å². The van der Waals surface area contributed by atoms with Crippen LogP contribution >= 0.6 is 0 Å². The summed E-state index contributed by atoms with van der Waals surface area (Å²) in [6, 6.07) is 6.04. The highest BCUT2D eigenvalue weighted by molar-refractivity contribution is 6.00. The second kappa shape index (κ2) is 6.04. The highest BCUT2D eigenvalue weighted by atomic mass is 16.4. The SMILES string of the molecule is C=CCN1C[C@H](C)N(c2nc3c(C(=O)O)cccc3o2)C[C@H]1C. The van der Waals surface area contributed by atoms with Gasteiger partial charge in [-0.3, -0.25) is 4.90 Å². The van der Waals surface area contributed by atoms with Crippen LogP contribution in [0.1, 0.15) is 24.2 Å². The molecule has 1 aromatic carbocycles. The minimum absolute atomic E-state index is 0.170. The molecule has 1 aromatic heterocycles. The van der Waals surface area contributed by atoms with Gasteiger partial charge in [-0.15, -0.1) is 6.58 Å². The molecule has 0 bridgehead atoms. The number of carboxylic acids is 1. The monoisotopic (exact) mass is 315 g/mol. The number of oxazole rings is 1. The van der Waals surface area contributed by atoms with Crippen LogP contribution in [-0.4, -0.2) is 52.7 Å². The van der Waals surface area contributed by atoms with Crippen molar-refractivity contribution in [1.82, 2.24) is 9.88 Å². The number of aromatic nitrogens is 1. The molecule has 1 aliphatic rings. The van der Waals surface area contributed by atoms with E-state index in [0.717, 1.165) is 19.6 Å². The number of benzene rings is 1. The largest absolute Gasteiger partial charge is 0.478 e. The average Bonchev–Trinajstić information content (AvgIpc) is 2.94. The summed E-state index contributed by atoms with van der Waals surface area (Å²) in [6.45, 7) is 10.6. The lowest BCUT2D eigenvalue weighted by molar-refractivity contribution is 0.0699. The van der Waals surface area contributed by atoms with Gasteiger partial charge in [-0.25, -0.2) is 4.79 Å². The molecular weight excluding hydrogens is 294 g/mol. The van der Waals surface area contributed by atoms with Crippen LogP contribution in [0.5, 0.6) is 0 Å². The molecular formula is C17H21N3O3. The molecule has 0 radical (unpaired) electrons. The van der Waals surface area contributed by atoms with Crippen molar-refractivity contribution in [3.8, 4) is 0 Å². The number of carbonyl (C=O) groups is 1. The first kappa shape index (κ1) is 15.6. The summed E-state index contributed by atoms with van der Waals surface area (Å²) in [4.78, 5) is 20.2. The van der Waals surface area contributed by atoms with Crippen LogP contribution < -0.4 is 4.90 Å². The number of nitrogens with zero attached hydrogens (tertiary/aromatic N) is 3. The number of hydrogen-bond donors (Lipinski definition) is 1. The molecule has 0 aliphatic carbocycles. The van der Waals surface area contributed by atoms with E-state index in [1.165, 1.54) is 0 Å². The molecule has 0 amide bonds. The standard InChI is InChI=1S/C17H21N3O3/c1-4-8-19-9-12(3)20(10-11(19)2)17-18-15-13(16(21)22)6-5-7-14(15)23-17/h4-7,11-12H,1,8-10H2,2-3H3,(H,21,22)/t11-,12+/m1/s1. The van der Waals surface area contributed by atoms with Gasteiger partial charge in [-0.1, -0.05) is 12.1 Å². The minimum Gasteiger partial charge on any atom is -0.478 e. The predicted octanol–water partition coefficient (Wildman–Crippen LogP) is 2.61. The Morgan fingerprint density at radius 1 is 1.43 bits per heavy atom. The molecule has 23 heavy (non-hydrogen) atoms. The second-order valence-electron chi connectivity index (χ2n) is 6.05. The topological polar surface area (TPSA) is 69.8 Å². The lowest BCUT2D eigenvalue weighted by Crippen LogP contribution is -2.56. The summed E-state index contributed by atoms with van der Waals surface area (Å²) in [5, 5.41) is 9.28. The van der Waals surface area contributed by atoms with E-state index < -0.39 is 5.97 Å². The summed E-state index contributed by atoms with van der Waals surface area (Å²) < 4.78 is 5.83. The Morgan fingerprint density at radius 3 is 2.91 bits per heavy atom. The average molecular weight is 315 g/mol. The van der Waals surface area contributed by atoms with Crippen molar-refractivity contribution in [2.24, 2.45) is 0 Å². The summed E-state index contributed by atoms with van der Waals surface area (Å²) in [5.41, 5.74) is 1.08. The lowest BCUT2D eigenvalue weighted by atomic mass is 10.1. The summed E-state index contributed by atoms with van der Waals surface area (Å²) in [6.07, 6.45) is 1.91. The summed E-state index contributed by atoms with van der Waals surface area (Å²) in [7, 11) is 0. The van der Waals surface area contributed by atoms with Crippen LogP contribution in [0.15, 0.2) is 35.3 Å². The number of hydrogen-bond acceptors (Lipinski definition) is 5. The molecule has 122 valence electrons. The van der Waals surface area contributed by atoms with Crippen molar-refractivity contribution in [1.29, 1.82) is 0 Å². The highest BCUT2D eigenvalue weighted by Gasteiger charge is 2.31. The molecule has 3 rings (SSSR count). The van der Waals surface area contributed by atoms with E-state index in [0.29, 0.717) is 23.2 Å². The molecule has 0 saturated carbocycles.